The van der Waals surface area contributed by atoms with Crippen LogP contribution in [0, 0.1) is 5.92 Å². The minimum Gasteiger partial charge on any atom is -0.303 e. The lowest BCUT2D eigenvalue weighted by atomic mass is 9.80. The van der Waals surface area contributed by atoms with Gasteiger partial charge in [0.15, 0.2) is 0 Å². The second kappa shape index (κ2) is 4.08. The quantitative estimate of drug-likeness (QED) is 0.468. The van der Waals surface area contributed by atoms with Crippen LogP contribution in [-0.2, 0) is 4.79 Å². The molecule has 1 unspecified atom stereocenters. The molecule has 0 saturated heterocycles. The second-order valence-corrected chi connectivity index (χ2v) is 4.33. The molecular weight excluding hydrogens is 160 g/mol. The van der Waals surface area contributed by atoms with E-state index in [1.165, 1.54) is 50.5 Å². The van der Waals surface area contributed by atoms with E-state index in [4.69, 9.17) is 0 Å². The average molecular weight is 178 g/mol. The summed E-state index contributed by atoms with van der Waals surface area (Å²) >= 11 is 0. The van der Waals surface area contributed by atoms with Crippen molar-refractivity contribution in [1.29, 1.82) is 0 Å². The van der Waals surface area contributed by atoms with Crippen LogP contribution in [0.2, 0.25) is 0 Å². The van der Waals surface area contributed by atoms with Gasteiger partial charge in [0.05, 0.1) is 0 Å². The van der Waals surface area contributed by atoms with Crippen LogP contribution in [0.4, 0.5) is 0 Å². The largest absolute Gasteiger partial charge is 0.303 e. The summed E-state index contributed by atoms with van der Waals surface area (Å²) in [6.45, 7) is 0. The van der Waals surface area contributed by atoms with Gasteiger partial charge in [-0.15, -0.1) is 0 Å². The van der Waals surface area contributed by atoms with Gasteiger partial charge in [0.25, 0.3) is 0 Å². The number of hydrogen-bond acceptors (Lipinski definition) is 1. The maximum atomic E-state index is 10.6. The van der Waals surface area contributed by atoms with Crippen molar-refractivity contribution < 1.29 is 4.79 Å². The standard InChI is InChI=1S/C12H18O/c13-9-8-12-10-4-1-2-5-11(12)7-3-6-10/h9-10H,1-8H2. The molecule has 1 heteroatoms. The predicted molar refractivity (Wildman–Crippen MR) is 53.5 cm³/mol. The molecule has 0 aliphatic heterocycles. The molecular formula is C12H18O. The number of aldehydes is 1. The van der Waals surface area contributed by atoms with E-state index >= 15 is 0 Å². The Bertz CT molecular complexity index is 227. The molecule has 0 fully saturated rings. The van der Waals surface area contributed by atoms with Crippen molar-refractivity contribution in [2.24, 2.45) is 5.92 Å². The minimum atomic E-state index is 0.722. The van der Waals surface area contributed by atoms with E-state index in [-0.39, 0.29) is 0 Å². The van der Waals surface area contributed by atoms with Crippen LogP contribution < -0.4 is 0 Å². The molecule has 0 aromatic heterocycles. The molecule has 0 radical (unpaired) electrons. The van der Waals surface area contributed by atoms with E-state index in [9.17, 15) is 4.79 Å². The van der Waals surface area contributed by atoms with Crippen LogP contribution in [0.25, 0.3) is 0 Å². The number of carbonyl (C=O) groups is 1. The summed E-state index contributed by atoms with van der Waals surface area (Å²) in [5, 5.41) is 0. The van der Waals surface area contributed by atoms with Crippen LogP contribution in [0.5, 0.6) is 0 Å². The van der Waals surface area contributed by atoms with E-state index in [1.807, 2.05) is 0 Å². The normalized spacial score (nSPS) is 28.5. The highest BCUT2D eigenvalue weighted by atomic mass is 16.1. The number of rotatable bonds is 2. The first-order valence-corrected chi connectivity index (χ1v) is 5.56. The van der Waals surface area contributed by atoms with Gasteiger partial charge in [0.1, 0.15) is 6.29 Å². The van der Waals surface area contributed by atoms with E-state index in [0.29, 0.717) is 0 Å². The van der Waals surface area contributed by atoms with Crippen LogP contribution >= 0.6 is 0 Å². The molecule has 0 spiro atoms. The Morgan fingerprint density at radius 3 is 2.77 bits per heavy atom. The summed E-state index contributed by atoms with van der Waals surface area (Å²) in [5.41, 5.74) is 3.17. The molecule has 2 rings (SSSR count). The summed E-state index contributed by atoms with van der Waals surface area (Å²) in [4.78, 5) is 10.6. The van der Waals surface area contributed by atoms with Crippen LogP contribution in [-0.4, -0.2) is 6.29 Å². The second-order valence-electron chi connectivity index (χ2n) is 4.33. The van der Waals surface area contributed by atoms with Crippen molar-refractivity contribution in [3.05, 3.63) is 11.1 Å². The van der Waals surface area contributed by atoms with Crippen molar-refractivity contribution in [3.8, 4) is 0 Å². The molecule has 2 bridgehead atoms. The van der Waals surface area contributed by atoms with Gasteiger partial charge in [-0.05, 0) is 44.4 Å². The molecule has 0 aromatic carbocycles. The molecule has 13 heavy (non-hydrogen) atoms. The zero-order valence-corrected chi connectivity index (χ0v) is 8.22. The highest BCUT2D eigenvalue weighted by Crippen LogP contribution is 2.39. The predicted octanol–water partition coefficient (Wildman–Crippen LogP) is 3.25. The van der Waals surface area contributed by atoms with E-state index < -0.39 is 0 Å². The van der Waals surface area contributed by atoms with E-state index in [0.717, 1.165) is 18.6 Å². The molecule has 0 N–H and O–H groups in total. The molecule has 0 saturated carbocycles. The van der Waals surface area contributed by atoms with Gasteiger partial charge in [0.2, 0.25) is 0 Å². The summed E-state index contributed by atoms with van der Waals surface area (Å²) in [6.07, 6.45) is 11.1. The Hall–Kier alpha value is -0.590. The summed E-state index contributed by atoms with van der Waals surface area (Å²) < 4.78 is 0. The lowest BCUT2D eigenvalue weighted by molar-refractivity contribution is -0.107. The molecule has 1 nitrogen and oxygen atoms in total. The molecule has 1 atom stereocenters. The number of carbonyl (C=O) groups excluding carboxylic acids is 1. The highest BCUT2D eigenvalue weighted by molar-refractivity contribution is 5.55. The van der Waals surface area contributed by atoms with Crippen LogP contribution in [0.15, 0.2) is 11.1 Å². The maximum absolute atomic E-state index is 10.6. The topological polar surface area (TPSA) is 17.1 Å². The smallest absolute Gasteiger partial charge is 0.124 e. The average Bonchev–Trinajstić information content (AvgIpc) is 2.28. The highest BCUT2D eigenvalue weighted by Gasteiger charge is 2.24. The zero-order chi connectivity index (χ0) is 9.10. The Kier molecular flexibility index (Phi) is 2.82. The third kappa shape index (κ3) is 1.84. The first kappa shape index (κ1) is 8.98. The van der Waals surface area contributed by atoms with Crippen molar-refractivity contribution in [1.82, 2.24) is 0 Å². The maximum Gasteiger partial charge on any atom is 0.124 e. The molecule has 0 heterocycles. The molecule has 2 aliphatic rings. The van der Waals surface area contributed by atoms with Gasteiger partial charge >= 0.3 is 0 Å². The van der Waals surface area contributed by atoms with Crippen LogP contribution in [0.1, 0.15) is 51.4 Å². The lowest BCUT2D eigenvalue weighted by Gasteiger charge is -2.25. The summed E-state index contributed by atoms with van der Waals surface area (Å²) in [7, 11) is 0. The van der Waals surface area contributed by atoms with Gasteiger partial charge in [-0.3, -0.25) is 0 Å². The van der Waals surface area contributed by atoms with Gasteiger partial charge in [-0.25, -0.2) is 0 Å². The van der Waals surface area contributed by atoms with E-state index in [1.54, 1.807) is 5.57 Å². The minimum absolute atomic E-state index is 0.722. The van der Waals surface area contributed by atoms with Gasteiger partial charge in [-0.2, -0.15) is 0 Å². The Morgan fingerprint density at radius 1 is 1.15 bits per heavy atom. The van der Waals surface area contributed by atoms with Gasteiger partial charge in [0, 0.05) is 6.42 Å². The fraction of sp³-hybridized carbons (Fsp3) is 0.750. The fourth-order valence-corrected chi connectivity index (χ4v) is 2.92. The Labute approximate surface area is 80.2 Å². The summed E-state index contributed by atoms with van der Waals surface area (Å²) in [5.74, 6) is 0.774. The van der Waals surface area contributed by atoms with Crippen molar-refractivity contribution in [3.63, 3.8) is 0 Å². The van der Waals surface area contributed by atoms with Crippen LogP contribution in [0.3, 0.4) is 0 Å². The van der Waals surface area contributed by atoms with Crippen molar-refractivity contribution >= 4 is 6.29 Å². The first-order chi connectivity index (χ1) is 6.42. The lowest BCUT2D eigenvalue weighted by Crippen LogP contribution is -2.11. The third-order valence-electron chi connectivity index (χ3n) is 3.56. The van der Waals surface area contributed by atoms with Crippen molar-refractivity contribution in [2.75, 3.05) is 0 Å². The Balaban J connectivity index is 2.22. The first-order valence-electron chi connectivity index (χ1n) is 5.56. The van der Waals surface area contributed by atoms with E-state index in [2.05, 4.69) is 0 Å². The fourth-order valence-electron chi connectivity index (χ4n) is 2.92. The Morgan fingerprint density at radius 2 is 1.92 bits per heavy atom. The monoisotopic (exact) mass is 178 g/mol. The summed E-state index contributed by atoms with van der Waals surface area (Å²) in [6, 6.07) is 0. The number of hydrogen-bond donors (Lipinski definition) is 0. The SMILES string of the molecule is O=CCC1=C2CCCCC1CCC2. The number of fused-ring (bicyclic) bond motifs is 1. The molecule has 0 amide bonds. The number of allylic oxidation sites excluding steroid dienone is 2. The van der Waals surface area contributed by atoms with Gasteiger partial charge < -0.3 is 4.79 Å². The molecule has 72 valence electrons. The molecule has 2 aliphatic carbocycles. The van der Waals surface area contributed by atoms with Crippen molar-refractivity contribution in [2.45, 2.75) is 51.4 Å². The third-order valence-corrected chi connectivity index (χ3v) is 3.56. The van der Waals surface area contributed by atoms with Gasteiger partial charge in [-0.1, -0.05) is 17.6 Å². The zero-order valence-electron chi connectivity index (χ0n) is 8.22. The molecule has 0 aromatic rings.